The predicted molar refractivity (Wildman–Crippen MR) is 86.8 cm³/mol. The van der Waals surface area contributed by atoms with Crippen molar-refractivity contribution < 1.29 is 19.0 Å². The Labute approximate surface area is 133 Å². The van der Waals surface area contributed by atoms with Crippen LogP contribution in [0.5, 0.6) is 0 Å². The quantitative estimate of drug-likeness (QED) is 0.565. The zero-order valence-electron chi connectivity index (χ0n) is 12.8. The first-order chi connectivity index (χ1) is 10.7. The summed E-state index contributed by atoms with van der Waals surface area (Å²) in [6.07, 6.45) is 0. The van der Waals surface area contributed by atoms with Crippen LogP contribution in [-0.4, -0.2) is 51.0 Å². The molecule has 1 heterocycles. The molecule has 1 aromatic heterocycles. The Bertz CT molecular complexity index is 615. The van der Waals surface area contributed by atoms with E-state index in [9.17, 15) is 4.79 Å². The van der Waals surface area contributed by atoms with Crippen molar-refractivity contribution in [2.24, 2.45) is 0 Å². The molecule has 0 saturated heterocycles. The summed E-state index contributed by atoms with van der Waals surface area (Å²) in [6.45, 7) is 4.51. The summed E-state index contributed by atoms with van der Waals surface area (Å²) in [4.78, 5) is 16.4. The number of thiazole rings is 1. The zero-order chi connectivity index (χ0) is 15.8. The third kappa shape index (κ3) is 4.66. The standard InChI is InChI=1S/C15H20N2O4S/c1-3-20-8-9-21-14(18)11-4-5-12-13(10-11)22-15(17-12)16-6-7-19-2/h4-5,10H,3,6-9H2,1-2H3,(H,16,17). The maximum atomic E-state index is 11.9. The van der Waals surface area contributed by atoms with E-state index in [-0.39, 0.29) is 12.6 Å². The number of nitrogens with zero attached hydrogens (tertiary/aromatic N) is 1. The second-order valence-electron chi connectivity index (χ2n) is 4.45. The first kappa shape index (κ1) is 16.7. The van der Waals surface area contributed by atoms with Gasteiger partial charge in [0.15, 0.2) is 5.13 Å². The molecular formula is C15H20N2O4S. The average molecular weight is 324 g/mol. The number of rotatable bonds is 9. The molecule has 7 heteroatoms. The highest BCUT2D eigenvalue weighted by Gasteiger charge is 2.10. The second kappa shape index (κ2) is 8.67. The number of benzene rings is 1. The van der Waals surface area contributed by atoms with Crippen LogP contribution in [0.4, 0.5) is 5.13 Å². The number of hydrogen-bond donors (Lipinski definition) is 1. The fourth-order valence-electron chi connectivity index (χ4n) is 1.81. The smallest absolute Gasteiger partial charge is 0.338 e. The van der Waals surface area contributed by atoms with Crippen molar-refractivity contribution in [3.05, 3.63) is 23.8 Å². The van der Waals surface area contributed by atoms with Crippen LogP contribution in [0.15, 0.2) is 18.2 Å². The topological polar surface area (TPSA) is 69.7 Å². The average Bonchev–Trinajstić information content (AvgIpc) is 2.93. The molecule has 0 aliphatic carbocycles. The third-order valence-electron chi connectivity index (χ3n) is 2.87. The fraction of sp³-hybridized carbons (Fsp3) is 0.467. The van der Waals surface area contributed by atoms with Crippen LogP contribution in [0.3, 0.4) is 0 Å². The van der Waals surface area contributed by atoms with Crippen molar-refractivity contribution in [3.8, 4) is 0 Å². The number of esters is 1. The molecule has 0 amide bonds. The van der Waals surface area contributed by atoms with E-state index in [1.165, 1.54) is 11.3 Å². The minimum absolute atomic E-state index is 0.261. The van der Waals surface area contributed by atoms with Crippen molar-refractivity contribution in [1.82, 2.24) is 4.98 Å². The van der Waals surface area contributed by atoms with Gasteiger partial charge in [-0.3, -0.25) is 0 Å². The lowest BCUT2D eigenvalue weighted by Crippen LogP contribution is -2.10. The molecule has 0 saturated carbocycles. The van der Waals surface area contributed by atoms with Crippen molar-refractivity contribution >= 4 is 32.7 Å². The number of fused-ring (bicyclic) bond motifs is 1. The molecular weight excluding hydrogens is 304 g/mol. The van der Waals surface area contributed by atoms with Gasteiger partial charge in [-0.15, -0.1) is 0 Å². The Morgan fingerprint density at radius 1 is 1.32 bits per heavy atom. The van der Waals surface area contributed by atoms with E-state index in [1.54, 1.807) is 19.2 Å². The number of carbonyl (C=O) groups excluding carboxylic acids is 1. The van der Waals surface area contributed by atoms with Gasteiger partial charge in [0.05, 0.1) is 29.0 Å². The molecule has 0 aliphatic rings. The van der Waals surface area contributed by atoms with Gasteiger partial charge in [-0.05, 0) is 25.1 Å². The first-order valence-corrected chi connectivity index (χ1v) is 7.94. The number of nitrogens with one attached hydrogen (secondary N) is 1. The molecule has 22 heavy (non-hydrogen) atoms. The van der Waals surface area contributed by atoms with Gasteiger partial charge in [-0.2, -0.15) is 0 Å². The second-order valence-corrected chi connectivity index (χ2v) is 5.48. The van der Waals surface area contributed by atoms with Gasteiger partial charge in [0.1, 0.15) is 6.61 Å². The van der Waals surface area contributed by atoms with Gasteiger partial charge in [-0.1, -0.05) is 11.3 Å². The molecule has 0 unspecified atom stereocenters. The Balaban J connectivity index is 1.98. The third-order valence-corrected chi connectivity index (χ3v) is 3.85. The van der Waals surface area contributed by atoms with E-state index in [0.717, 1.165) is 15.3 Å². The normalized spacial score (nSPS) is 10.8. The highest BCUT2D eigenvalue weighted by Crippen LogP contribution is 2.26. The number of aromatic nitrogens is 1. The van der Waals surface area contributed by atoms with E-state index in [1.807, 2.05) is 13.0 Å². The Morgan fingerprint density at radius 3 is 2.95 bits per heavy atom. The first-order valence-electron chi connectivity index (χ1n) is 7.13. The molecule has 120 valence electrons. The lowest BCUT2D eigenvalue weighted by molar-refractivity contribution is 0.0335. The van der Waals surface area contributed by atoms with Crippen LogP contribution >= 0.6 is 11.3 Å². The van der Waals surface area contributed by atoms with Gasteiger partial charge in [-0.25, -0.2) is 9.78 Å². The molecule has 0 spiro atoms. The van der Waals surface area contributed by atoms with Crippen molar-refractivity contribution in [1.29, 1.82) is 0 Å². The minimum atomic E-state index is -0.344. The summed E-state index contributed by atoms with van der Waals surface area (Å²) >= 11 is 1.50. The van der Waals surface area contributed by atoms with Gasteiger partial charge >= 0.3 is 5.97 Å². The highest BCUT2D eigenvalue weighted by atomic mass is 32.1. The SMILES string of the molecule is CCOCCOC(=O)c1ccc2nc(NCCOC)sc2c1. The monoisotopic (exact) mass is 324 g/mol. The van der Waals surface area contributed by atoms with E-state index < -0.39 is 0 Å². The van der Waals surface area contributed by atoms with Crippen LogP contribution in [0.2, 0.25) is 0 Å². The van der Waals surface area contributed by atoms with Gasteiger partial charge in [0.2, 0.25) is 0 Å². The lowest BCUT2D eigenvalue weighted by Gasteiger charge is -2.04. The Morgan fingerprint density at radius 2 is 2.18 bits per heavy atom. The van der Waals surface area contributed by atoms with E-state index >= 15 is 0 Å². The van der Waals surface area contributed by atoms with Crippen LogP contribution in [-0.2, 0) is 14.2 Å². The Hall–Kier alpha value is -1.70. The number of ether oxygens (including phenoxy) is 3. The number of anilines is 1. The molecule has 0 bridgehead atoms. The summed E-state index contributed by atoms with van der Waals surface area (Å²) in [7, 11) is 1.66. The molecule has 1 N–H and O–H groups in total. The summed E-state index contributed by atoms with van der Waals surface area (Å²) in [5, 5.41) is 4.00. The van der Waals surface area contributed by atoms with Crippen LogP contribution in [0.25, 0.3) is 10.2 Å². The summed E-state index contributed by atoms with van der Waals surface area (Å²) in [5.74, 6) is -0.344. The molecule has 0 atom stereocenters. The number of carbonyl (C=O) groups is 1. The van der Waals surface area contributed by atoms with Gasteiger partial charge in [0, 0.05) is 20.3 Å². The molecule has 6 nitrogen and oxygen atoms in total. The maximum Gasteiger partial charge on any atom is 0.338 e. The summed E-state index contributed by atoms with van der Waals surface area (Å²) in [5.41, 5.74) is 1.38. The van der Waals surface area contributed by atoms with Crippen molar-refractivity contribution in [2.45, 2.75) is 6.92 Å². The summed E-state index contributed by atoms with van der Waals surface area (Å²) < 4.78 is 16.2. The largest absolute Gasteiger partial charge is 0.460 e. The fourth-order valence-corrected chi connectivity index (χ4v) is 2.74. The highest BCUT2D eigenvalue weighted by molar-refractivity contribution is 7.22. The molecule has 0 aliphatic heterocycles. The van der Waals surface area contributed by atoms with E-state index in [2.05, 4.69) is 10.3 Å². The molecule has 2 aromatic rings. The molecule has 1 aromatic carbocycles. The van der Waals surface area contributed by atoms with E-state index in [0.29, 0.717) is 31.9 Å². The van der Waals surface area contributed by atoms with Crippen LogP contribution in [0, 0.1) is 0 Å². The number of hydrogen-bond acceptors (Lipinski definition) is 7. The van der Waals surface area contributed by atoms with Crippen molar-refractivity contribution in [2.75, 3.05) is 45.4 Å². The number of methoxy groups -OCH3 is 1. The molecule has 0 radical (unpaired) electrons. The van der Waals surface area contributed by atoms with Gasteiger partial charge < -0.3 is 19.5 Å². The molecule has 0 fully saturated rings. The van der Waals surface area contributed by atoms with E-state index in [4.69, 9.17) is 14.2 Å². The summed E-state index contributed by atoms with van der Waals surface area (Å²) in [6, 6.07) is 5.36. The maximum absolute atomic E-state index is 11.9. The Kier molecular flexibility index (Phi) is 6.57. The predicted octanol–water partition coefficient (Wildman–Crippen LogP) is 2.55. The minimum Gasteiger partial charge on any atom is -0.460 e. The zero-order valence-corrected chi connectivity index (χ0v) is 13.6. The van der Waals surface area contributed by atoms with Gasteiger partial charge in [0.25, 0.3) is 0 Å². The molecule has 2 rings (SSSR count). The van der Waals surface area contributed by atoms with Crippen LogP contribution in [0.1, 0.15) is 17.3 Å². The van der Waals surface area contributed by atoms with Crippen molar-refractivity contribution in [3.63, 3.8) is 0 Å². The lowest BCUT2D eigenvalue weighted by atomic mass is 10.2. The van der Waals surface area contributed by atoms with Crippen LogP contribution < -0.4 is 5.32 Å².